The smallest absolute Gasteiger partial charge is 0.314 e. The Bertz CT molecular complexity index is 1060. The summed E-state index contributed by atoms with van der Waals surface area (Å²) in [6.07, 6.45) is 1.67. The van der Waals surface area contributed by atoms with Gasteiger partial charge in [0, 0.05) is 29.1 Å². The predicted octanol–water partition coefficient (Wildman–Crippen LogP) is 5.10. The van der Waals surface area contributed by atoms with Crippen molar-refractivity contribution in [3.05, 3.63) is 63.6 Å². The molecule has 1 aliphatic carbocycles. The highest BCUT2D eigenvalue weighted by Crippen LogP contribution is 2.59. The van der Waals surface area contributed by atoms with Crippen LogP contribution in [-0.4, -0.2) is 38.2 Å². The zero-order valence-electron chi connectivity index (χ0n) is 19.7. The van der Waals surface area contributed by atoms with Crippen LogP contribution in [0.2, 0.25) is 10.0 Å². The van der Waals surface area contributed by atoms with Gasteiger partial charge in [-0.15, -0.1) is 0 Å². The molecule has 1 saturated heterocycles. The van der Waals surface area contributed by atoms with Crippen LogP contribution in [0.15, 0.2) is 42.5 Å². The van der Waals surface area contributed by atoms with E-state index >= 15 is 0 Å². The molecule has 3 amide bonds. The number of carbonyl (C=O) groups is 2. The van der Waals surface area contributed by atoms with Crippen LogP contribution in [0.1, 0.15) is 49.7 Å². The van der Waals surface area contributed by atoms with Crippen molar-refractivity contribution < 1.29 is 14.3 Å². The van der Waals surface area contributed by atoms with Crippen molar-refractivity contribution in [3.63, 3.8) is 0 Å². The molecule has 0 radical (unpaired) electrons. The van der Waals surface area contributed by atoms with Crippen molar-refractivity contribution in [1.82, 2.24) is 16.0 Å². The van der Waals surface area contributed by atoms with E-state index in [1.807, 2.05) is 30.3 Å². The first kappa shape index (κ1) is 24.7. The lowest BCUT2D eigenvalue weighted by Gasteiger charge is -2.46. The maximum absolute atomic E-state index is 12.9. The van der Waals surface area contributed by atoms with Gasteiger partial charge in [0.25, 0.3) is 0 Å². The molecule has 182 valence electrons. The van der Waals surface area contributed by atoms with Gasteiger partial charge in [0.1, 0.15) is 12.4 Å². The van der Waals surface area contributed by atoms with Crippen molar-refractivity contribution in [2.75, 3.05) is 20.2 Å². The first-order chi connectivity index (χ1) is 16.2. The van der Waals surface area contributed by atoms with Crippen LogP contribution in [0.3, 0.4) is 0 Å². The number of halogens is 2. The van der Waals surface area contributed by atoms with Gasteiger partial charge in [-0.05, 0) is 67.0 Å². The highest BCUT2D eigenvalue weighted by Gasteiger charge is 2.57. The molecular weight excluding hydrogens is 473 g/mol. The topological polar surface area (TPSA) is 79.5 Å². The largest absolute Gasteiger partial charge is 0.492 e. The Hall–Kier alpha value is -2.44. The number of amides is 3. The Morgan fingerprint density at radius 1 is 1.21 bits per heavy atom. The van der Waals surface area contributed by atoms with Crippen LogP contribution >= 0.6 is 23.2 Å². The highest BCUT2D eigenvalue weighted by molar-refractivity contribution is 6.31. The molecular formula is C26H31Cl2N3O3. The molecule has 2 aliphatic rings. The lowest BCUT2D eigenvalue weighted by Crippen LogP contribution is -2.42. The van der Waals surface area contributed by atoms with Gasteiger partial charge in [-0.1, -0.05) is 48.3 Å². The van der Waals surface area contributed by atoms with Gasteiger partial charge in [-0.2, -0.15) is 0 Å². The second kappa shape index (κ2) is 10.0. The summed E-state index contributed by atoms with van der Waals surface area (Å²) in [6.45, 7) is 4.93. The van der Waals surface area contributed by atoms with Crippen LogP contribution < -0.4 is 20.7 Å². The molecule has 4 rings (SSSR count). The lowest BCUT2D eigenvalue weighted by molar-refractivity contribution is -0.129. The maximum atomic E-state index is 12.9. The second-order valence-corrected chi connectivity index (χ2v) is 10.3. The Kier molecular flexibility index (Phi) is 7.29. The molecule has 1 aliphatic heterocycles. The summed E-state index contributed by atoms with van der Waals surface area (Å²) in [5.74, 6) is 1.21. The molecule has 0 bridgehead atoms. The molecule has 0 spiro atoms. The summed E-state index contributed by atoms with van der Waals surface area (Å²) in [6, 6.07) is 13.6. The normalized spacial score (nSPS) is 28.1. The number of rotatable bonds is 6. The molecule has 1 saturated carbocycles. The fourth-order valence-corrected chi connectivity index (χ4v) is 6.27. The SMILES string of the molecule is CNC(=O)NCCOc1ccc([C@@H]2CC[C@@]3(C)C(=O)N[C@H](C)[C@H]3[C@H]2c2ccc(Cl)cc2)c(Cl)c1. The van der Waals surface area contributed by atoms with E-state index in [1.165, 1.54) is 5.56 Å². The summed E-state index contributed by atoms with van der Waals surface area (Å²) in [5, 5.41) is 9.73. The van der Waals surface area contributed by atoms with E-state index in [9.17, 15) is 9.59 Å². The van der Waals surface area contributed by atoms with Gasteiger partial charge in [-0.25, -0.2) is 4.79 Å². The molecule has 2 aromatic carbocycles. The van der Waals surface area contributed by atoms with Crippen LogP contribution in [0.5, 0.6) is 5.75 Å². The number of fused-ring (bicyclic) bond motifs is 1. The van der Waals surface area contributed by atoms with Crippen molar-refractivity contribution in [1.29, 1.82) is 0 Å². The minimum atomic E-state index is -0.409. The first-order valence-corrected chi connectivity index (χ1v) is 12.4. The van der Waals surface area contributed by atoms with Gasteiger partial charge in [0.15, 0.2) is 0 Å². The summed E-state index contributed by atoms with van der Waals surface area (Å²) in [4.78, 5) is 24.2. The second-order valence-electron chi connectivity index (χ2n) is 9.47. The van der Waals surface area contributed by atoms with Crippen molar-refractivity contribution >= 4 is 35.1 Å². The molecule has 1 heterocycles. The van der Waals surface area contributed by atoms with E-state index in [0.717, 1.165) is 18.4 Å². The number of urea groups is 1. The van der Waals surface area contributed by atoms with E-state index in [-0.39, 0.29) is 35.7 Å². The molecule has 0 unspecified atom stereocenters. The van der Waals surface area contributed by atoms with Crippen molar-refractivity contribution in [2.45, 2.75) is 44.6 Å². The van der Waals surface area contributed by atoms with Crippen LogP contribution in [0, 0.1) is 11.3 Å². The summed E-state index contributed by atoms with van der Waals surface area (Å²) in [5.41, 5.74) is 1.82. The number of nitrogens with one attached hydrogen (secondary N) is 3. The fraction of sp³-hybridized carbons (Fsp3) is 0.462. The van der Waals surface area contributed by atoms with Gasteiger partial charge < -0.3 is 20.7 Å². The van der Waals surface area contributed by atoms with Crippen molar-refractivity contribution in [2.24, 2.45) is 11.3 Å². The maximum Gasteiger partial charge on any atom is 0.314 e. The lowest BCUT2D eigenvalue weighted by atomic mass is 9.56. The third kappa shape index (κ3) is 4.71. The molecule has 34 heavy (non-hydrogen) atoms. The van der Waals surface area contributed by atoms with E-state index in [2.05, 4.69) is 41.9 Å². The summed E-state index contributed by atoms with van der Waals surface area (Å²) >= 11 is 13.0. The number of hydrogen-bond acceptors (Lipinski definition) is 3. The van der Waals surface area contributed by atoms with Gasteiger partial charge in [0.2, 0.25) is 5.91 Å². The first-order valence-electron chi connectivity index (χ1n) is 11.7. The molecule has 0 aromatic heterocycles. The zero-order valence-corrected chi connectivity index (χ0v) is 21.2. The van der Waals surface area contributed by atoms with Gasteiger partial charge in [0.05, 0.1) is 12.0 Å². The molecule has 6 nitrogen and oxygen atoms in total. The van der Waals surface area contributed by atoms with Gasteiger partial charge >= 0.3 is 6.03 Å². The zero-order chi connectivity index (χ0) is 24.5. The van der Waals surface area contributed by atoms with Crippen LogP contribution in [0.25, 0.3) is 0 Å². The quantitative estimate of drug-likeness (QED) is 0.479. The summed E-state index contributed by atoms with van der Waals surface area (Å²) in [7, 11) is 1.57. The Labute approximate surface area is 210 Å². The third-order valence-corrected chi connectivity index (χ3v) is 8.04. The molecule has 2 aromatic rings. The average molecular weight is 504 g/mol. The number of ether oxygens (including phenoxy) is 1. The van der Waals surface area contributed by atoms with E-state index in [0.29, 0.717) is 28.9 Å². The van der Waals surface area contributed by atoms with E-state index in [4.69, 9.17) is 27.9 Å². The average Bonchev–Trinajstić information content (AvgIpc) is 3.05. The van der Waals surface area contributed by atoms with Crippen LogP contribution in [0.4, 0.5) is 4.79 Å². The summed E-state index contributed by atoms with van der Waals surface area (Å²) < 4.78 is 5.77. The van der Waals surface area contributed by atoms with Crippen LogP contribution in [-0.2, 0) is 4.79 Å². The third-order valence-electron chi connectivity index (χ3n) is 7.46. The Morgan fingerprint density at radius 2 is 1.94 bits per heavy atom. The Balaban J connectivity index is 1.61. The van der Waals surface area contributed by atoms with Crippen molar-refractivity contribution in [3.8, 4) is 5.75 Å². The van der Waals surface area contributed by atoms with E-state index in [1.54, 1.807) is 7.05 Å². The van der Waals surface area contributed by atoms with E-state index < -0.39 is 5.41 Å². The Morgan fingerprint density at radius 3 is 2.62 bits per heavy atom. The van der Waals surface area contributed by atoms with Gasteiger partial charge in [-0.3, -0.25) is 4.79 Å². The number of hydrogen-bond donors (Lipinski definition) is 3. The molecule has 5 atom stereocenters. The fourth-order valence-electron chi connectivity index (χ4n) is 5.83. The monoisotopic (exact) mass is 503 g/mol. The predicted molar refractivity (Wildman–Crippen MR) is 135 cm³/mol. The molecule has 8 heteroatoms. The highest BCUT2D eigenvalue weighted by atomic mass is 35.5. The molecule has 3 N–H and O–H groups in total. The number of carbonyl (C=O) groups excluding carboxylic acids is 2. The number of benzene rings is 2. The minimum Gasteiger partial charge on any atom is -0.492 e. The minimum absolute atomic E-state index is 0.0650. The molecule has 2 fully saturated rings. The standard InChI is InChI=1S/C26H31Cl2N3O3/c1-15-23-22(16-4-6-17(27)7-5-16)20(10-11-26(23,2)24(32)31-15)19-9-8-18(14-21(19)28)34-13-12-30-25(33)29-3/h4-9,14-15,20,22-23H,10-13H2,1-3H3,(H,31,32)(H2,29,30,33)/t15-,20+,22+,23+,26-/m1/s1.